The van der Waals surface area contributed by atoms with Crippen LogP contribution in [0, 0.1) is 13.8 Å². The van der Waals surface area contributed by atoms with Crippen LogP contribution in [0.5, 0.6) is 11.5 Å². The summed E-state index contributed by atoms with van der Waals surface area (Å²) < 4.78 is 11.3. The first-order valence-corrected chi connectivity index (χ1v) is 7.84. The average molecular weight is 299 g/mol. The number of rotatable bonds is 7. The smallest absolute Gasteiger partial charge is 0.161 e. The third-order valence-corrected chi connectivity index (χ3v) is 3.70. The van der Waals surface area contributed by atoms with Gasteiger partial charge in [0, 0.05) is 12.2 Å². The number of anilines is 1. The van der Waals surface area contributed by atoms with E-state index in [4.69, 9.17) is 9.47 Å². The molecule has 0 amide bonds. The summed E-state index contributed by atoms with van der Waals surface area (Å²) in [4.78, 5) is 0. The number of nitrogens with one attached hydrogen (secondary N) is 1. The first kappa shape index (κ1) is 16.2. The molecule has 3 heteroatoms. The number of benzene rings is 2. The van der Waals surface area contributed by atoms with Crippen molar-refractivity contribution in [3.05, 3.63) is 53.1 Å². The fourth-order valence-corrected chi connectivity index (χ4v) is 2.35. The molecular formula is C19H25NO2. The van der Waals surface area contributed by atoms with Crippen LogP contribution >= 0.6 is 0 Å². The van der Waals surface area contributed by atoms with E-state index < -0.39 is 0 Å². The molecule has 0 atom stereocenters. The molecule has 0 fully saturated rings. The van der Waals surface area contributed by atoms with Gasteiger partial charge in [-0.3, -0.25) is 0 Å². The maximum atomic E-state index is 5.67. The Labute approximate surface area is 133 Å². The molecule has 118 valence electrons. The molecule has 0 heterocycles. The maximum absolute atomic E-state index is 5.67. The van der Waals surface area contributed by atoms with E-state index in [1.165, 1.54) is 22.4 Å². The molecule has 0 saturated heterocycles. The van der Waals surface area contributed by atoms with Crippen molar-refractivity contribution >= 4 is 5.69 Å². The van der Waals surface area contributed by atoms with Crippen LogP contribution in [0.4, 0.5) is 5.69 Å². The maximum Gasteiger partial charge on any atom is 0.161 e. The lowest BCUT2D eigenvalue weighted by Gasteiger charge is -2.14. The molecule has 0 aliphatic heterocycles. The lowest BCUT2D eigenvalue weighted by atomic mass is 10.1. The minimum absolute atomic E-state index is 0.633. The fourth-order valence-electron chi connectivity index (χ4n) is 2.35. The van der Waals surface area contributed by atoms with Gasteiger partial charge >= 0.3 is 0 Å². The van der Waals surface area contributed by atoms with Crippen LogP contribution in [0.2, 0.25) is 0 Å². The Morgan fingerprint density at radius 1 is 0.909 bits per heavy atom. The van der Waals surface area contributed by atoms with Gasteiger partial charge in [0.15, 0.2) is 11.5 Å². The minimum Gasteiger partial charge on any atom is -0.490 e. The fraction of sp³-hybridized carbons (Fsp3) is 0.368. The lowest BCUT2D eigenvalue weighted by Crippen LogP contribution is -2.04. The van der Waals surface area contributed by atoms with E-state index in [-0.39, 0.29) is 0 Å². The monoisotopic (exact) mass is 299 g/mol. The third-order valence-electron chi connectivity index (χ3n) is 3.70. The van der Waals surface area contributed by atoms with Crippen LogP contribution in [0.3, 0.4) is 0 Å². The van der Waals surface area contributed by atoms with Crippen molar-refractivity contribution in [3.8, 4) is 11.5 Å². The summed E-state index contributed by atoms with van der Waals surface area (Å²) in [6.07, 6.45) is 0. The molecule has 2 aromatic rings. The summed E-state index contributed by atoms with van der Waals surface area (Å²) in [5.41, 5.74) is 4.94. The first-order valence-electron chi connectivity index (χ1n) is 7.84. The molecule has 0 spiro atoms. The SMILES string of the molecule is CCOc1ccc(CNc2cccc(C)c2C)cc1OCC. The topological polar surface area (TPSA) is 30.5 Å². The van der Waals surface area contributed by atoms with Crippen molar-refractivity contribution in [2.75, 3.05) is 18.5 Å². The highest BCUT2D eigenvalue weighted by Gasteiger charge is 2.07. The molecule has 0 unspecified atom stereocenters. The summed E-state index contributed by atoms with van der Waals surface area (Å²) in [6.45, 7) is 10.3. The normalized spacial score (nSPS) is 10.4. The van der Waals surface area contributed by atoms with Gasteiger partial charge < -0.3 is 14.8 Å². The van der Waals surface area contributed by atoms with E-state index in [0.717, 1.165) is 18.0 Å². The Bertz CT molecular complexity index is 623. The zero-order chi connectivity index (χ0) is 15.9. The lowest BCUT2D eigenvalue weighted by molar-refractivity contribution is 0.287. The van der Waals surface area contributed by atoms with Gasteiger partial charge in [0.2, 0.25) is 0 Å². The number of hydrogen-bond donors (Lipinski definition) is 1. The Morgan fingerprint density at radius 3 is 2.36 bits per heavy atom. The second-order valence-electron chi connectivity index (χ2n) is 5.25. The van der Waals surface area contributed by atoms with E-state index in [1.54, 1.807) is 0 Å². The highest BCUT2D eigenvalue weighted by molar-refractivity contribution is 5.54. The molecule has 1 N–H and O–H groups in total. The van der Waals surface area contributed by atoms with Gasteiger partial charge in [-0.25, -0.2) is 0 Å². The van der Waals surface area contributed by atoms with Gasteiger partial charge in [-0.15, -0.1) is 0 Å². The Morgan fingerprint density at radius 2 is 1.64 bits per heavy atom. The molecule has 22 heavy (non-hydrogen) atoms. The third kappa shape index (κ3) is 3.94. The van der Waals surface area contributed by atoms with Crippen LogP contribution in [-0.2, 0) is 6.54 Å². The Hall–Kier alpha value is -2.16. The predicted molar refractivity (Wildman–Crippen MR) is 92.0 cm³/mol. The number of ether oxygens (including phenoxy) is 2. The van der Waals surface area contributed by atoms with Gasteiger partial charge in [-0.2, -0.15) is 0 Å². The molecule has 0 bridgehead atoms. The van der Waals surface area contributed by atoms with E-state index in [9.17, 15) is 0 Å². The van der Waals surface area contributed by atoms with Crippen LogP contribution < -0.4 is 14.8 Å². The van der Waals surface area contributed by atoms with Gasteiger partial charge in [0.25, 0.3) is 0 Å². The van der Waals surface area contributed by atoms with Gasteiger partial charge in [-0.05, 0) is 62.6 Å². The van der Waals surface area contributed by atoms with E-state index in [0.29, 0.717) is 13.2 Å². The molecule has 0 saturated carbocycles. The minimum atomic E-state index is 0.633. The second kappa shape index (κ2) is 7.74. The van der Waals surface area contributed by atoms with E-state index in [1.807, 2.05) is 26.0 Å². The molecule has 0 aromatic heterocycles. The summed E-state index contributed by atoms with van der Waals surface area (Å²) in [5.74, 6) is 1.62. The molecule has 3 nitrogen and oxygen atoms in total. The second-order valence-corrected chi connectivity index (χ2v) is 5.25. The van der Waals surface area contributed by atoms with Crippen LogP contribution in [0.15, 0.2) is 36.4 Å². The van der Waals surface area contributed by atoms with Gasteiger partial charge in [0.1, 0.15) is 0 Å². The highest BCUT2D eigenvalue weighted by atomic mass is 16.5. The van der Waals surface area contributed by atoms with Gasteiger partial charge in [-0.1, -0.05) is 18.2 Å². The van der Waals surface area contributed by atoms with Crippen LogP contribution in [0.1, 0.15) is 30.5 Å². The molecule has 0 radical (unpaired) electrons. The van der Waals surface area contributed by atoms with Crippen LogP contribution in [0.25, 0.3) is 0 Å². The molecular weight excluding hydrogens is 274 g/mol. The van der Waals surface area contributed by atoms with E-state index >= 15 is 0 Å². The van der Waals surface area contributed by atoms with Crippen molar-refractivity contribution in [2.24, 2.45) is 0 Å². The summed E-state index contributed by atoms with van der Waals surface area (Å²) >= 11 is 0. The molecule has 2 aromatic carbocycles. The summed E-state index contributed by atoms with van der Waals surface area (Å²) in [5, 5.41) is 3.49. The number of hydrogen-bond acceptors (Lipinski definition) is 3. The quantitative estimate of drug-likeness (QED) is 0.803. The molecule has 0 aliphatic rings. The van der Waals surface area contributed by atoms with Crippen molar-refractivity contribution in [1.82, 2.24) is 0 Å². The van der Waals surface area contributed by atoms with Crippen molar-refractivity contribution in [2.45, 2.75) is 34.2 Å². The van der Waals surface area contributed by atoms with E-state index in [2.05, 4.69) is 43.4 Å². The highest BCUT2D eigenvalue weighted by Crippen LogP contribution is 2.29. The van der Waals surface area contributed by atoms with Crippen molar-refractivity contribution < 1.29 is 9.47 Å². The van der Waals surface area contributed by atoms with Crippen LogP contribution in [-0.4, -0.2) is 13.2 Å². The average Bonchev–Trinajstić information content (AvgIpc) is 2.51. The first-order chi connectivity index (χ1) is 10.7. The van der Waals surface area contributed by atoms with Crippen molar-refractivity contribution in [3.63, 3.8) is 0 Å². The zero-order valence-corrected chi connectivity index (χ0v) is 13.9. The van der Waals surface area contributed by atoms with Gasteiger partial charge in [0.05, 0.1) is 13.2 Å². The Kier molecular flexibility index (Phi) is 5.70. The number of aryl methyl sites for hydroxylation is 1. The standard InChI is InChI=1S/C19H25NO2/c1-5-21-18-11-10-16(12-19(18)22-6-2)13-20-17-9-7-8-14(3)15(17)4/h7-12,20H,5-6,13H2,1-4H3. The summed E-state index contributed by atoms with van der Waals surface area (Å²) in [6, 6.07) is 12.4. The molecule has 2 rings (SSSR count). The summed E-state index contributed by atoms with van der Waals surface area (Å²) in [7, 11) is 0. The zero-order valence-electron chi connectivity index (χ0n) is 13.9. The molecule has 0 aliphatic carbocycles. The predicted octanol–water partition coefficient (Wildman–Crippen LogP) is 4.71. The Balaban J connectivity index is 2.12. The van der Waals surface area contributed by atoms with Crippen molar-refractivity contribution in [1.29, 1.82) is 0 Å². The largest absolute Gasteiger partial charge is 0.490 e.